The number of hydrogen-bond donors (Lipinski definition) is 0. The minimum atomic E-state index is -1.66. The fourth-order valence-electron chi connectivity index (χ4n) is 1.06. The van der Waals surface area contributed by atoms with E-state index >= 15 is 0 Å². The molecule has 2 nitrogen and oxygen atoms in total. The summed E-state index contributed by atoms with van der Waals surface area (Å²) in [5.41, 5.74) is 0.747. The van der Waals surface area contributed by atoms with Gasteiger partial charge >= 0.3 is 0 Å². The Bertz CT molecular complexity index is 372. The highest BCUT2D eigenvalue weighted by Crippen LogP contribution is 2.45. The molecule has 0 radical (unpaired) electrons. The maximum Gasteiger partial charge on any atom is 0.234 e. The van der Waals surface area contributed by atoms with Crippen LogP contribution in [0.5, 0.6) is 0 Å². The molecule has 0 fully saturated rings. The van der Waals surface area contributed by atoms with Gasteiger partial charge in [-0.1, -0.05) is 58.0 Å². The van der Waals surface area contributed by atoms with Crippen molar-refractivity contribution < 1.29 is 0 Å². The maximum absolute atomic E-state index is 6.05. The molecule has 15 heavy (non-hydrogen) atoms. The van der Waals surface area contributed by atoms with E-state index in [1.807, 2.05) is 0 Å². The fraction of sp³-hybridized carbons (Fsp3) is 0.375. The SMILES string of the molecule is CN(C)c1c(Cl)cnc(C(Cl)(Cl)Cl)c1Cl. The van der Waals surface area contributed by atoms with Crippen molar-refractivity contribution in [1.82, 2.24) is 4.98 Å². The number of aromatic nitrogens is 1. The van der Waals surface area contributed by atoms with Crippen LogP contribution in [-0.2, 0) is 3.79 Å². The minimum Gasteiger partial charge on any atom is -0.375 e. The maximum atomic E-state index is 6.05. The summed E-state index contributed by atoms with van der Waals surface area (Å²) >= 11 is 29.1. The van der Waals surface area contributed by atoms with E-state index in [2.05, 4.69) is 4.98 Å². The van der Waals surface area contributed by atoms with Crippen LogP contribution in [0.1, 0.15) is 5.69 Å². The van der Waals surface area contributed by atoms with Crippen molar-refractivity contribution in [1.29, 1.82) is 0 Å². The van der Waals surface area contributed by atoms with Crippen LogP contribution in [0.3, 0.4) is 0 Å². The van der Waals surface area contributed by atoms with Crippen LogP contribution in [-0.4, -0.2) is 19.1 Å². The Hall–Kier alpha value is 0.400. The van der Waals surface area contributed by atoms with Crippen molar-refractivity contribution in [3.63, 3.8) is 0 Å². The first-order valence-corrected chi connectivity index (χ1v) is 5.72. The number of alkyl halides is 3. The largest absolute Gasteiger partial charge is 0.375 e. The Morgan fingerprint density at radius 1 is 1.20 bits per heavy atom. The lowest BCUT2D eigenvalue weighted by atomic mass is 10.3. The summed E-state index contributed by atoms with van der Waals surface area (Å²) < 4.78 is -1.66. The number of nitrogens with zero attached hydrogens (tertiary/aromatic N) is 2. The quantitative estimate of drug-likeness (QED) is 0.720. The van der Waals surface area contributed by atoms with Gasteiger partial charge in [-0.15, -0.1) is 0 Å². The molecule has 1 aromatic rings. The minimum absolute atomic E-state index is 0.169. The average Bonchev–Trinajstić information content (AvgIpc) is 2.00. The molecule has 0 unspecified atom stereocenters. The van der Waals surface area contributed by atoms with E-state index < -0.39 is 3.79 Å². The van der Waals surface area contributed by atoms with Crippen molar-refractivity contribution in [3.05, 3.63) is 21.9 Å². The molecule has 0 saturated heterocycles. The third-order valence-corrected chi connectivity index (χ3v) is 2.84. The highest BCUT2D eigenvalue weighted by molar-refractivity contribution is 6.67. The van der Waals surface area contributed by atoms with E-state index in [0.29, 0.717) is 10.7 Å². The first kappa shape index (κ1) is 13.5. The molecule has 0 saturated carbocycles. The molecule has 0 aliphatic rings. The molecule has 0 N–H and O–H groups in total. The molecule has 0 aliphatic heterocycles. The zero-order chi connectivity index (χ0) is 11.8. The summed E-state index contributed by atoms with van der Waals surface area (Å²) in [5, 5.41) is 0.649. The highest BCUT2D eigenvalue weighted by atomic mass is 35.6. The van der Waals surface area contributed by atoms with Crippen LogP contribution < -0.4 is 4.90 Å². The summed E-state index contributed by atoms with van der Waals surface area (Å²) in [6, 6.07) is 0. The van der Waals surface area contributed by atoms with E-state index in [9.17, 15) is 0 Å². The molecule has 1 heterocycles. The predicted molar refractivity (Wildman–Crippen MR) is 67.8 cm³/mol. The summed E-state index contributed by atoms with van der Waals surface area (Å²) in [5.74, 6) is 0. The van der Waals surface area contributed by atoms with Gasteiger partial charge in [-0.25, -0.2) is 0 Å². The van der Waals surface area contributed by atoms with E-state index in [1.54, 1.807) is 19.0 Å². The van der Waals surface area contributed by atoms with Gasteiger partial charge in [0.1, 0.15) is 5.69 Å². The van der Waals surface area contributed by atoms with E-state index in [-0.39, 0.29) is 10.7 Å². The van der Waals surface area contributed by atoms with Gasteiger partial charge in [0.2, 0.25) is 3.79 Å². The number of pyridine rings is 1. The molecule has 7 heteroatoms. The van der Waals surface area contributed by atoms with Gasteiger partial charge in [-0.3, -0.25) is 4.98 Å². The average molecular weight is 308 g/mol. The smallest absolute Gasteiger partial charge is 0.234 e. The first-order valence-electron chi connectivity index (χ1n) is 3.83. The lowest BCUT2D eigenvalue weighted by Crippen LogP contribution is -2.14. The number of halogens is 5. The van der Waals surface area contributed by atoms with Gasteiger partial charge in [0.05, 0.1) is 15.7 Å². The fourth-order valence-corrected chi connectivity index (χ4v) is 2.46. The van der Waals surface area contributed by atoms with Crippen LogP contribution >= 0.6 is 58.0 Å². The molecule has 0 spiro atoms. The molecule has 0 bridgehead atoms. The molecule has 0 amide bonds. The van der Waals surface area contributed by atoms with Crippen LogP contribution in [0.2, 0.25) is 10.0 Å². The normalized spacial score (nSPS) is 11.7. The van der Waals surface area contributed by atoms with Gasteiger partial charge in [0.25, 0.3) is 0 Å². The lowest BCUT2D eigenvalue weighted by Gasteiger charge is -2.20. The van der Waals surface area contributed by atoms with Crippen LogP contribution in [0.4, 0.5) is 5.69 Å². The molecule has 0 atom stereocenters. The van der Waals surface area contributed by atoms with E-state index in [4.69, 9.17) is 58.0 Å². The van der Waals surface area contributed by atoms with E-state index in [1.165, 1.54) is 6.20 Å². The molecule has 84 valence electrons. The number of rotatable bonds is 1. The second-order valence-corrected chi connectivity index (χ2v) is 6.08. The van der Waals surface area contributed by atoms with Gasteiger partial charge in [-0.05, 0) is 0 Å². The number of hydrogen-bond acceptors (Lipinski definition) is 2. The summed E-state index contributed by atoms with van der Waals surface area (Å²) in [4.78, 5) is 5.63. The molecule has 0 aliphatic carbocycles. The Morgan fingerprint density at radius 3 is 2.13 bits per heavy atom. The summed E-state index contributed by atoms with van der Waals surface area (Å²) in [6.45, 7) is 0. The predicted octanol–water partition coefficient (Wildman–Crippen LogP) is 4.28. The summed E-state index contributed by atoms with van der Waals surface area (Å²) in [6.07, 6.45) is 1.40. The third kappa shape index (κ3) is 2.95. The molecule has 1 aromatic heterocycles. The Kier molecular flexibility index (Phi) is 4.24. The topological polar surface area (TPSA) is 16.1 Å². The van der Waals surface area contributed by atoms with Crippen LogP contribution in [0.25, 0.3) is 0 Å². The van der Waals surface area contributed by atoms with E-state index in [0.717, 1.165) is 0 Å². The monoisotopic (exact) mass is 306 g/mol. The molecular formula is C8H7Cl5N2. The van der Waals surface area contributed by atoms with Gasteiger partial charge < -0.3 is 4.90 Å². The Morgan fingerprint density at radius 2 is 1.73 bits per heavy atom. The second-order valence-electron chi connectivity index (χ2n) is 3.01. The first-order chi connectivity index (χ1) is 6.75. The van der Waals surface area contributed by atoms with Gasteiger partial charge in [0, 0.05) is 20.3 Å². The zero-order valence-corrected chi connectivity index (χ0v) is 11.6. The van der Waals surface area contributed by atoms with Crippen molar-refractivity contribution in [2.45, 2.75) is 3.79 Å². The zero-order valence-electron chi connectivity index (χ0n) is 7.86. The van der Waals surface area contributed by atoms with Crippen LogP contribution in [0, 0.1) is 0 Å². The summed E-state index contributed by atoms with van der Waals surface area (Å²) in [7, 11) is 3.57. The van der Waals surface area contributed by atoms with Crippen molar-refractivity contribution in [3.8, 4) is 0 Å². The van der Waals surface area contributed by atoms with Crippen LogP contribution in [0.15, 0.2) is 6.20 Å². The third-order valence-electron chi connectivity index (χ3n) is 1.66. The van der Waals surface area contributed by atoms with Crippen molar-refractivity contribution >= 4 is 63.7 Å². The van der Waals surface area contributed by atoms with Crippen molar-refractivity contribution in [2.24, 2.45) is 0 Å². The van der Waals surface area contributed by atoms with Crippen molar-refractivity contribution in [2.75, 3.05) is 19.0 Å². The standard InChI is InChI=1S/C8H7Cl5N2/c1-15(2)6-4(9)3-14-7(5(6)10)8(11,12)13/h3H,1-2H3. The van der Waals surface area contributed by atoms with Gasteiger partial charge in [-0.2, -0.15) is 0 Å². The second kappa shape index (κ2) is 4.72. The van der Waals surface area contributed by atoms with Gasteiger partial charge in [0.15, 0.2) is 0 Å². The molecular weight excluding hydrogens is 301 g/mol. The molecule has 0 aromatic carbocycles. The number of anilines is 1. The molecule has 1 rings (SSSR count). The Balaban J connectivity index is 3.42. The highest BCUT2D eigenvalue weighted by Gasteiger charge is 2.30. The lowest BCUT2D eigenvalue weighted by molar-refractivity contribution is 1.05. The Labute approximate surface area is 113 Å².